The van der Waals surface area contributed by atoms with Crippen LogP contribution in [0.3, 0.4) is 0 Å². The summed E-state index contributed by atoms with van der Waals surface area (Å²) in [5, 5.41) is 10.3. The molecule has 1 aliphatic carbocycles. The molecule has 2 rings (SSSR count). The highest BCUT2D eigenvalue weighted by molar-refractivity contribution is 8.00. The lowest BCUT2D eigenvalue weighted by Gasteiger charge is -2.26. The minimum Gasteiger partial charge on any atom is -0.392 e. The fourth-order valence-electron chi connectivity index (χ4n) is 2.08. The van der Waals surface area contributed by atoms with E-state index >= 15 is 0 Å². The van der Waals surface area contributed by atoms with Crippen LogP contribution in [0.25, 0.3) is 0 Å². The number of hydrogen-bond acceptors (Lipinski definition) is 2. The summed E-state index contributed by atoms with van der Waals surface area (Å²) in [6.07, 6.45) is 4.47. The van der Waals surface area contributed by atoms with Crippen molar-refractivity contribution >= 4 is 11.8 Å². The fourth-order valence-corrected chi connectivity index (χ4v) is 3.42. The zero-order chi connectivity index (χ0) is 10.7. The van der Waals surface area contributed by atoms with Crippen LogP contribution in [-0.4, -0.2) is 16.5 Å². The Labute approximate surface area is 95.9 Å². The van der Waals surface area contributed by atoms with Crippen molar-refractivity contribution in [2.24, 2.45) is 0 Å². The summed E-state index contributed by atoms with van der Waals surface area (Å²) in [5.41, 5.74) is 1.30. The molecule has 0 saturated heterocycles. The lowest BCUT2D eigenvalue weighted by atomic mass is 9.97. The summed E-state index contributed by atoms with van der Waals surface area (Å²) >= 11 is 1.84. The van der Waals surface area contributed by atoms with Gasteiger partial charge in [0.2, 0.25) is 0 Å². The van der Waals surface area contributed by atoms with Crippen LogP contribution in [0, 0.1) is 6.92 Å². The van der Waals surface area contributed by atoms with Crippen LogP contribution in [0.4, 0.5) is 0 Å². The van der Waals surface area contributed by atoms with E-state index in [1.54, 1.807) is 0 Å². The summed E-state index contributed by atoms with van der Waals surface area (Å²) < 4.78 is 0. The molecule has 2 atom stereocenters. The van der Waals surface area contributed by atoms with Crippen LogP contribution in [0.1, 0.15) is 31.2 Å². The number of aryl methyl sites for hydroxylation is 1. The number of aliphatic hydroxyl groups is 1. The zero-order valence-electron chi connectivity index (χ0n) is 9.15. The van der Waals surface area contributed by atoms with Crippen molar-refractivity contribution < 1.29 is 5.11 Å². The van der Waals surface area contributed by atoms with E-state index in [0.29, 0.717) is 5.25 Å². The van der Waals surface area contributed by atoms with Crippen molar-refractivity contribution in [2.75, 3.05) is 0 Å². The van der Waals surface area contributed by atoms with Gasteiger partial charge >= 0.3 is 0 Å². The molecule has 1 aromatic rings. The molecule has 1 nitrogen and oxygen atoms in total. The number of benzene rings is 1. The molecule has 0 aliphatic heterocycles. The van der Waals surface area contributed by atoms with Crippen molar-refractivity contribution in [3.8, 4) is 0 Å². The third-order valence-corrected chi connectivity index (χ3v) is 4.32. The third-order valence-electron chi connectivity index (χ3n) is 2.94. The van der Waals surface area contributed by atoms with E-state index in [1.165, 1.54) is 23.3 Å². The molecule has 2 heteroatoms. The normalized spacial score (nSPS) is 26.5. The second-order valence-electron chi connectivity index (χ2n) is 4.32. The fraction of sp³-hybridized carbons (Fsp3) is 0.538. The van der Waals surface area contributed by atoms with Crippen LogP contribution in [0.2, 0.25) is 0 Å². The Hall–Kier alpha value is -0.470. The van der Waals surface area contributed by atoms with Gasteiger partial charge in [0, 0.05) is 10.1 Å². The average Bonchev–Trinajstić information content (AvgIpc) is 2.22. The van der Waals surface area contributed by atoms with Crippen LogP contribution in [0.15, 0.2) is 29.2 Å². The van der Waals surface area contributed by atoms with E-state index in [9.17, 15) is 5.11 Å². The molecule has 1 aromatic carbocycles. The summed E-state index contributed by atoms with van der Waals surface area (Å²) in [6.45, 7) is 2.11. The predicted octanol–water partition coefficient (Wildman–Crippen LogP) is 3.39. The second kappa shape index (κ2) is 5.04. The minimum atomic E-state index is -0.107. The summed E-state index contributed by atoms with van der Waals surface area (Å²) in [4.78, 5) is 1.29. The van der Waals surface area contributed by atoms with E-state index in [0.717, 1.165) is 12.8 Å². The van der Waals surface area contributed by atoms with Gasteiger partial charge in [-0.25, -0.2) is 0 Å². The van der Waals surface area contributed by atoms with Gasteiger partial charge in [0.15, 0.2) is 0 Å². The van der Waals surface area contributed by atoms with Gasteiger partial charge in [0.05, 0.1) is 6.10 Å². The Balaban J connectivity index is 2.01. The molecule has 1 N–H and O–H groups in total. The van der Waals surface area contributed by atoms with Gasteiger partial charge in [0.1, 0.15) is 0 Å². The third kappa shape index (κ3) is 2.99. The Morgan fingerprint density at radius 2 is 2.07 bits per heavy atom. The SMILES string of the molecule is Cc1cccc(S[C@@H]2CCCC[C@H]2O)c1. The highest BCUT2D eigenvalue weighted by atomic mass is 32.2. The Morgan fingerprint density at radius 3 is 2.80 bits per heavy atom. The average molecular weight is 222 g/mol. The highest BCUT2D eigenvalue weighted by Gasteiger charge is 2.23. The summed E-state index contributed by atoms with van der Waals surface area (Å²) in [7, 11) is 0. The van der Waals surface area contributed by atoms with Gasteiger partial charge in [0.25, 0.3) is 0 Å². The van der Waals surface area contributed by atoms with Crippen molar-refractivity contribution in [3.63, 3.8) is 0 Å². The van der Waals surface area contributed by atoms with E-state index in [-0.39, 0.29) is 6.10 Å². The van der Waals surface area contributed by atoms with Gasteiger partial charge in [-0.3, -0.25) is 0 Å². The van der Waals surface area contributed by atoms with Gasteiger partial charge in [-0.2, -0.15) is 0 Å². The maximum atomic E-state index is 9.88. The Morgan fingerprint density at radius 1 is 1.27 bits per heavy atom. The number of aliphatic hydroxyl groups excluding tert-OH is 1. The molecular weight excluding hydrogens is 204 g/mol. The van der Waals surface area contributed by atoms with E-state index in [1.807, 2.05) is 11.8 Å². The van der Waals surface area contributed by atoms with E-state index in [4.69, 9.17) is 0 Å². The second-order valence-corrected chi connectivity index (χ2v) is 5.64. The molecule has 0 spiro atoms. The van der Waals surface area contributed by atoms with E-state index < -0.39 is 0 Å². The van der Waals surface area contributed by atoms with Gasteiger partial charge in [-0.15, -0.1) is 11.8 Å². The van der Waals surface area contributed by atoms with Gasteiger partial charge < -0.3 is 5.11 Å². The van der Waals surface area contributed by atoms with Crippen LogP contribution < -0.4 is 0 Å². The quantitative estimate of drug-likeness (QED) is 0.827. The predicted molar refractivity (Wildman–Crippen MR) is 65.3 cm³/mol. The first-order chi connectivity index (χ1) is 7.25. The maximum Gasteiger partial charge on any atom is 0.0662 e. The standard InChI is InChI=1S/C13H18OS/c1-10-5-4-6-11(9-10)15-13-8-3-2-7-12(13)14/h4-6,9,12-14H,2-3,7-8H2,1H3/t12-,13-/m1/s1. The molecule has 0 radical (unpaired) electrons. The van der Waals surface area contributed by atoms with E-state index in [2.05, 4.69) is 31.2 Å². The van der Waals surface area contributed by atoms with Crippen LogP contribution in [-0.2, 0) is 0 Å². The lowest BCUT2D eigenvalue weighted by molar-refractivity contribution is 0.137. The molecule has 0 unspecified atom stereocenters. The largest absolute Gasteiger partial charge is 0.392 e. The maximum absolute atomic E-state index is 9.88. The lowest BCUT2D eigenvalue weighted by Crippen LogP contribution is -2.26. The van der Waals surface area contributed by atoms with Crippen LogP contribution in [0.5, 0.6) is 0 Å². The number of hydrogen-bond donors (Lipinski definition) is 1. The minimum absolute atomic E-state index is 0.107. The van der Waals surface area contributed by atoms with Crippen molar-refractivity contribution in [1.29, 1.82) is 0 Å². The molecular formula is C13H18OS. The molecule has 82 valence electrons. The number of rotatable bonds is 2. The first-order valence-corrected chi connectivity index (χ1v) is 6.55. The molecule has 0 aromatic heterocycles. The van der Waals surface area contributed by atoms with Crippen molar-refractivity contribution in [2.45, 2.75) is 48.9 Å². The van der Waals surface area contributed by atoms with Crippen molar-refractivity contribution in [1.82, 2.24) is 0 Å². The topological polar surface area (TPSA) is 20.2 Å². The van der Waals surface area contributed by atoms with Crippen LogP contribution >= 0.6 is 11.8 Å². The smallest absolute Gasteiger partial charge is 0.0662 e. The molecule has 1 fully saturated rings. The summed E-state index contributed by atoms with van der Waals surface area (Å²) in [6, 6.07) is 8.54. The van der Waals surface area contributed by atoms with Crippen molar-refractivity contribution in [3.05, 3.63) is 29.8 Å². The van der Waals surface area contributed by atoms with Gasteiger partial charge in [-0.1, -0.05) is 30.5 Å². The summed E-state index contributed by atoms with van der Waals surface area (Å²) in [5.74, 6) is 0. The molecule has 0 amide bonds. The molecule has 0 heterocycles. The highest BCUT2D eigenvalue weighted by Crippen LogP contribution is 2.33. The molecule has 15 heavy (non-hydrogen) atoms. The molecule has 1 aliphatic rings. The zero-order valence-corrected chi connectivity index (χ0v) is 9.96. The number of thioether (sulfide) groups is 1. The molecule has 1 saturated carbocycles. The Bertz CT molecular complexity index is 324. The first-order valence-electron chi connectivity index (χ1n) is 5.67. The first kappa shape index (κ1) is 11.0. The monoisotopic (exact) mass is 222 g/mol. The Kier molecular flexibility index (Phi) is 3.71. The van der Waals surface area contributed by atoms with Gasteiger partial charge in [-0.05, 0) is 31.9 Å². The molecule has 0 bridgehead atoms.